The standard InChI is InChI=1S/C22H35N3O5/c1-13(2)10-23-21(26)17-12-25(22(27)24-14(3)4)11-16(17)15-8-18(28-5)20(30-7)19(9-15)29-6/h8-9,13-14,16-17H,10-12H2,1-7H3,(H,23,26)(H,24,27)/t16-,17-/m1/s1. The van der Waals surface area contributed by atoms with E-state index < -0.39 is 0 Å². The number of carbonyl (C=O) groups excluding carboxylic acids is 2. The molecule has 0 aliphatic carbocycles. The van der Waals surface area contributed by atoms with Gasteiger partial charge in [-0.05, 0) is 37.5 Å². The molecule has 2 N–H and O–H groups in total. The first-order chi connectivity index (χ1) is 14.2. The average molecular weight is 422 g/mol. The molecule has 0 radical (unpaired) electrons. The first-order valence-corrected chi connectivity index (χ1v) is 10.3. The molecule has 8 nitrogen and oxygen atoms in total. The van der Waals surface area contributed by atoms with Crippen molar-refractivity contribution in [2.45, 2.75) is 39.7 Å². The van der Waals surface area contributed by atoms with Gasteiger partial charge in [-0.3, -0.25) is 4.79 Å². The van der Waals surface area contributed by atoms with Crippen molar-refractivity contribution in [1.29, 1.82) is 0 Å². The molecule has 30 heavy (non-hydrogen) atoms. The number of ether oxygens (including phenoxy) is 3. The number of likely N-dealkylation sites (tertiary alicyclic amines) is 1. The fraction of sp³-hybridized carbons (Fsp3) is 0.636. The van der Waals surface area contributed by atoms with E-state index in [0.29, 0.717) is 42.8 Å². The highest BCUT2D eigenvalue weighted by atomic mass is 16.5. The van der Waals surface area contributed by atoms with Crippen molar-refractivity contribution in [3.8, 4) is 17.2 Å². The zero-order valence-corrected chi connectivity index (χ0v) is 19.1. The van der Waals surface area contributed by atoms with Gasteiger partial charge in [-0.25, -0.2) is 4.79 Å². The molecule has 2 rings (SSSR count). The monoisotopic (exact) mass is 421 g/mol. The third-order valence-electron chi connectivity index (χ3n) is 5.16. The van der Waals surface area contributed by atoms with Crippen LogP contribution in [0.15, 0.2) is 12.1 Å². The van der Waals surface area contributed by atoms with Crippen molar-refractivity contribution in [3.05, 3.63) is 17.7 Å². The van der Waals surface area contributed by atoms with E-state index in [9.17, 15) is 9.59 Å². The van der Waals surface area contributed by atoms with Gasteiger partial charge in [-0.1, -0.05) is 13.8 Å². The fourth-order valence-corrected chi connectivity index (χ4v) is 3.66. The molecule has 1 aromatic carbocycles. The maximum absolute atomic E-state index is 13.0. The van der Waals surface area contributed by atoms with Gasteiger partial charge in [-0.2, -0.15) is 0 Å². The quantitative estimate of drug-likeness (QED) is 0.674. The van der Waals surface area contributed by atoms with E-state index in [1.165, 1.54) is 0 Å². The Hall–Kier alpha value is -2.64. The summed E-state index contributed by atoms with van der Waals surface area (Å²) in [6, 6.07) is 3.57. The summed E-state index contributed by atoms with van der Waals surface area (Å²) in [7, 11) is 4.67. The number of carbonyl (C=O) groups is 2. The molecule has 0 spiro atoms. The van der Waals surface area contributed by atoms with Crippen LogP contribution >= 0.6 is 0 Å². The van der Waals surface area contributed by atoms with Gasteiger partial charge in [0.15, 0.2) is 11.5 Å². The number of nitrogens with zero attached hydrogens (tertiary/aromatic N) is 1. The van der Waals surface area contributed by atoms with E-state index in [-0.39, 0.29) is 29.8 Å². The molecule has 0 bridgehead atoms. The van der Waals surface area contributed by atoms with Gasteiger partial charge >= 0.3 is 6.03 Å². The molecule has 1 heterocycles. The van der Waals surface area contributed by atoms with Crippen LogP contribution in [-0.4, -0.2) is 63.8 Å². The minimum absolute atomic E-state index is 0.0194. The van der Waals surface area contributed by atoms with E-state index >= 15 is 0 Å². The number of methoxy groups -OCH3 is 3. The SMILES string of the molecule is COc1cc([C@H]2CN(C(=O)NC(C)C)C[C@H]2C(=O)NCC(C)C)cc(OC)c1OC. The van der Waals surface area contributed by atoms with Gasteiger partial charge in [0.1, 0.15) is 0 Å². The van der Waals surface area contributed by atoms with Gasteiger partial charge < -0.3 is 29.7 Å². The molecule has 2 atom stereocenters. The Morgan fingerprint density at radius 3 is 2.10 bits per heavy atom. The Labute approximate surface area is 179 Å². The minimum Gasteiger partial charge on any atom is -0.493 e. The molecular formula is C22H35N3O5. The molecule has 8 heteroatoms. The molecule has 1 fully saturated rings. The topological polar surface area (TPSA) is 89.1 Å². The second-order valence-corrected chi connectivity index (χ2v) is 8.32. The Kier molecular flexibility index (Phi) is 8.20. The molecule has 1 aliphatic rings. The molecule has 1 saturated heterocycles. The summed E-state index contributed by atoms with van der Waals surface area (Å²) >= 11 is 0. The highest BCUT2D eigenvalue weighted by Crippen LogP contribution is 2.43. The second kappa shape index (κ2) is 10.4. The lowest BCUT2D eigenvalue weighted by atomic mass is 9.87. The van der Waals surface area contributed by atoms with Crippen LogP contribution in [0.25, 0.3) is 0 Å². The minimum atomic E-state index is -0.371. The third kappa shape index (κ3) is 5.49. The smallest absolute Gasteiger partial charge is 0.317 e. The van der Waals surface area contributed by atoms with E-state index in [0.717, 1.165) is 5.56 Å². The molecule has 0 saturated carbocycles. The number of rotatable bonds is 8. The molecule has 1 aromatic rings. The largest absolute Gasteiger partial charge is 0.493 e. The van der Waals surface area contributed by atoms with E-state index in [1.807, 2.05) is 39.8 Å². The summed E-state index contributed by atoms with van der Waals surface area (Å²) in [5.74, 6) is 1.28. The van der Waals surface area contributed by atoms with Crippen LogP contribution in [-0.2, 0) is 4.79 Å². The number of amides is 3. The first-order valence-electron chi connectivity index (χ1n) is 10.3. The van der Waals surface area contributed by atoms with E-state index in [2.05, 4.69) is 10.6 Å². The number of benzene rings is 1. The third-order valence-corrected chi connectivity index (χ3v) is 5.16. The van der Waals surface area contributed by atoms with Gasteiger partial charge in [-0.15, -0.1) is 0 Å². The molecule has 0 unspecified atom stereocenters. The lowest BCUT2D eigenvalue weighted by Crippen LogP contribution is -2.42. The van der Waals surface area contributed by atoms with E-state index in [1.54, 1.807) is 26.2 Å². The summed E-state index contributed by atoms with van der Waals surface area (Å²) in [4.78, 5) is 27.3. The fourth-order valence-electron chi connectivity index (χ4n) is 3.66. The number of hydrogen-bond acceptors (Lipinski definition) is 5. The normalized spacial score (nSPS) is 18.5. The predicted octanol–water partition coefficient (Wildman–Crippen LogP) is 2.62. The number of urea groups is 1. The van der Waals surface area contributed by atoms with Crippen LogP contribution in [0.4, 0.5) is 4.79 Å². The van der Waals surface area contributed by atoms with Crippen molar-refractivity contribution < 1.29 is 23.8 Å². The van der Waals surface area contributed by atoms with Crippen LogP contribution in [0.3, 0.4) is 0 Å². The van der Waals surface area contributed by atoms with Crippen LogP contribution in [0, 0.1) is 11.8 Å². The summed E-state index contributed by atoms with van der Waals surface area (Å²) in [6.45, 7) is 9.30. The summed E-state index contributed by atoms with van der Waals surface area (Å²) < 4.78 is 16.4. The molecule has 1 aliphatic heterocycles. The Morgan fingerprint density at radius 1 is 1.03 bits per heavy atom. The van der Waals surface area contributed by atoms with Crippen LogP contribution in [0.5, 0.6) is 17.2 Å². The average Bonchev–Trinajstić information content (AvgIpc) is 3.16. The van der Waals surface area contributed by atoms with Crippen molar-refractivity contribution in [2.75, 3.05) is 41.0 Å². The molecular weight excluding hydrogens is 386 g/mol. The zero-order valence-electron chi connectivity index (χ0n) is 19.1. The van der Waals surface area contributed by atoms with Crippen molar-refractivity contribution >= 4 is 11.9 Å². The van der Waals surface area contributed by atoms with Crippen LogP contribution in [0.2, 0.25) is 0 Å². The Balaban J connectivity index is 2.39. The second-order valence-electron chi connectivity index (χ2n) is 8.32. The van der Waals surface area contributed by atoms with Crippen molar-refractivity contribution in [3.63, 3.8) is 0 Å². The Bertz CT molecular complexity index is 725. The van der Waals surface area contributed by atoms with Gasteiger partial charge in [0.25, 0.3) is 0 Å². The van der Waals surface area contributed by atoms with Crippen molar-refractivity contribution in [1.82, 2.24) is 15.5 Å². The van der Waals surface area contributed by atoms with Crippen molar-refractivity contribution in [2.24, 2.45) is 11.8 Å². The number of nitrogens with one attached hydrogen (secondary N) is 2. The lowest BCUT2D eigenvalue weighted by molar-refractivity contribution is -0.125. The summed E-state index contributed by atoms with van der Waals surface area (Å²) in [6.07, 6.45) is 0. The lowest BCUT2D eigenvalue weighted by Gasteiger charge is -2.21. The van der Waals surface area contributed by atoms with Gasteiger partial charge in [0, 0.05) is 31.6 Å². The van der Waals surface area contributed by atoms with E-state index in [4.69, 9.17) is 14.2 Å². The maximum Gasteiger partial charge on any atom is 0.317 e. The molecule has 168 valence electrons. The number of hydrogen-bond donors (Lipinski definition) is 2. The molecule has 0 aromatic heterocycles. The zero-order chi connectivity index (χ0) is 22.4. The highest BCUT2D eigenvalue weighted by molar-refractivity contribution is 5.83. The van der Waals surface area contributed by atoms with Crippen LogP contribution < -0.4 is 24.8 Å². The Morgan fingerprint density at radius 2 is 1.63 bits per heavy atom. The van der Waals surface area contributed by atoms with Gasteiger partial charge in [0.05, 0.1) is 27.2 Å². The predicted molar refractivity (Wildman–Crippen MR) is 115 cm³/mol. The highest BCUT2D eigenvalue weighted by Gasteiger charge is 2.41. The van der Waals surface area contributed by atoms with Gasteiger partial charge in [0.2, 0.25) is 11.7 Å². The summed E-state index contributed by atoms with van der Waals surface area (Å²) in [5.41, 5.74) is 0.869. The maximum atomic E-state index is 13.0. The van der Waals surface area contributed by atoms with Crippen LogP contribution in [0.1, 0.15) is 39.2 Å². The summed E-state index contributed by atoms with van der Waals surface area (Å²) in [5, 5.41) is 5.93. The first kappa shape index (κ1) is 23.6. The molecule has 3 amide bonds.